The molecule has 0 fully saturated rings. The van der Waals surface area contributed by atoms with Gasteiger partial charge >= 0.3 is 5.76 Å². The molecule has 1 N–H and O–H groups in total. The van der Waals surface area contributed by atoms with Gasteiger partial charge in [-0.3, -0.25) is 9.36 Å². The molecule has 0 bridgehead atoms. The Balaban J connectivity index is 1.57. The second-order valence-electron chi connectivity index (χ2n) is 5.85. The Hall–Kier alpha value is -2.41. The number of nitrogens with one attached hydrogen (secondary N) is 1. The van der Waals surface area contributed by atoms with Crippen molar-refractivity contribution in [3.05, 3.63) is 50.9 Å². The zero-order valence-corrected chi connectivity index (χ0v) is 14.4. The van der Waals surface area contributed by atoms with E-state index in [1.807, 2.05) is 5.38 Å². The van der Waals surface area contributed by atoms with Gasteiger partial charge in [0, 0.05) is 24.3 Å². The molecular weight excluding hydrogens is 326 g/mol. The molecule has 0 aliphatic rings. The molecule has 0 unspecified atom stereocenters. The fraction of sp³-hybridized carbons (Fsp3) is 0.353. The molecule has 2 aromatic heterocycles. The van der Waals surface area contributed by atoms with Gasteiger partial charge in [0.25, 0.3) is 0 Å². The Labute approximate surface area is 143 Å². The molecule has 1 amide bonds. The largest absolute Gasteiger partial charge is 0.420 e. The lowest BCUT2D eigenvalue weighted by Gasteiger charge is -2.05. The standard InChI is InChI=1S/C17H19N3O3S/c1-11(2)16-19-12(10-24-16)7-8-18-15(21)9-20-13-5-3-4-6-14(13)23-17(20)22/h3-6,10-11H,7-9H2,1-2H3,(H,18,21). The lowest BCUT2D eigenvalue weighted by molar-refractivity contribution is -0.121. The van der Waals surface area contributed by atoms with E-state index in [9.17, 15) is 9.59 Å². The van der Waals surface area contributed by atoms with Gasteiger partial charge in [-0.2, -0.15) is 0 Å². The van der Waals surface area contributed by atoms with Gasteiger partial charge in [0.2, 0.25) is 5.91 Å². The Bertz CT molecular complexity index is 907. The van der Waals surface area contributed by atoms with Crippen LogP contribution in [0.25, 0.3) is 11.1 Å². The number of carbonyl (C=O) groups is 1. The number of carbonyl (C=O) groups excluding carboxylic acids is 1. The maximum atomic E-state index is 12.1. The number of amides is 1. The number of hydrogen-bond donors (Lipinski definition) is 1. The number of oxazole rings is 1. The molecule has 6 nitrogen and oxygen atoms in total. The molecule has 0 spiro atoms. The summed E-state index contributed by atoms with van der Waals surface area (Å²) < 4.78 is 6.46. The molecule has 3 aromatic rings. The number of hydrogen-bond acceptors (Lipinski definition) is 5. The monoisotopic (exact) mass is 345 g/mol. The molecule has 0 aliphatic heterocycles. The fourth-order valence-electron chi connectivity index (χ4n) is 2.40. The molecule has 0 saturated heterocycles. The van der Waals surface area contributed by atoms with E-state index in [4.69, 9.17) is 4.42 Å². The van der Waals surface area contributed by atoms with E-state index in [0.29, 0.717) is 30.0 Å². The summed E-state index contributed by atoms with van der Waals surface area (Å²) in [5.41, 5.74) is 2.09. The highest BCUT2D eigenvalue weighted by atomic mass is 32.1. The van der Waals surface area contributed by atoms with E-state index in [1.165, 1.54) is 4.57 Å². The molecule has 0 atom stereocenters. The summed E-state index contributed by atoms with van der Waals surface area (Å²) in [4.78, 5) is 28.5. The molecule has 0 aliphatic carbocycles. The van der Waals surface area contributed by atoms with Crippen molar-refractivity contribution in [1.82, 2.24) is 14.9 Å². The number of rotatable bonds is 6. The number of benzene rings is 1. The first-order valence-electron chi connectivity index (χ1n) is 7.84. The first kappa shape index (κ1) is 16.4. The Morgan fingerprint density at radius 2 is 2.17 bits per heavy atom. The van der Waals surface area contributed by atoms with Crippen LogP contribution in [0.4, 0.5) is 0 Å². The van der Waals surface area contributed by atoms with Crippen molar-refractivity contribution in [2.75, 3.05) is 6.54 Å². The van der Waals surface area contributed by atoms with Crippen LogP contribution in [0.1, 0.15) is 30.5 Å². The quantitative estimate of drug-likeness (QED) is 0.745. The van der Waals surface area contributed by atoms with Crippen molar-refractivity contribution in [2.45, 2.75) is 32.7 Å². The van der Waals surface area contributed by atoms with E-state index in [0.717, 1.165) is 10.7 Å². The highest BCUT2D eigenvalue weighted by Crippen LogP contribution is 2.19. The van der Waals surface area contributed by atoms with Gasteiger partial charge in [0.1, 0.15) is 6.54 Å². The van der Waals surface area contributed by atoms with Crippen LogP contribution in [-0.2, 0) is 17.8 Å². The van der Waals surface area contributed by atoms with Crippen LogP contribution in [-0.4, -0.2) is 22.0 Å². The van der Waals surface area contributed by atoms with Crippen molar-refractivity contribution in [1.29, 1.82) is 0 Å². The van der Waals surface area contributed by atoms with Crippen LogP contribution < -0.4 is 11.1 Å². The third-order valence-corrected chi connectivity index (χ3v) is 4.84. The normalized spacial score (nSPS) is 11.3. The Morgan fingerprint density at radius 3 is 2.92 bits per heavy atom. The van der Waals surface area contributed by atoms with Crippen molar-refractivity contribution >= 4 is 28.3 Å². The molecule has 1 aromatic carbocycles. The van der Waals surface area contributed by atoms with Crippen molar-refractivity contribution in [3.63, 3.8) is 0 Å². The van der Waals surface area contributed by atoms with Crippen molar-refractivity contribution in [2.24, 2.45) is 0 Å². The van der Waals surface area contributed by atoms with Gasteiger partial charge in [-0.15, -0.1) is 11.3 Å². The Morgan fingerprint density at radius 1 is 1.38 bits per heavy atom. The predicted octanol–water partition coefficient (Wildman–Crippen LogP) is 2.53. The first-order chi connectivity index (χ1) is 11.5. The molecule has 24 heavy (non-hydrogen) atoms. The molecule has 0 radical (unpaired) electrons. The smallest absolute Gasteiger partial charge is 0.408 e. The molecule has 2 heterocycles. The van der Waals surface area contributed by atoms with E-state index >= 15 is 0 Å². The van der Waals surface area contributed by atoms with Crippen LogP contribution in [0.5, 0.6) is 0 Å². The average molecular weight is 345 g/mol. The SMILES string of the molecule is CC(C)c1nc(CCNC(=O)Cn2c(=O)oc3ccccc32)cs1. The van der Waals surface area contributed by atoms with Crippen LogP contribution in [0.2, 0.25) is 0 Å². The summed E-state index contributed by atoms with van der Waals surface area (Å²) in [6.07, 6.45) is 0.677. The second kappa shape index (κ2) is 7.00. The van der Waals surface area contributed by atoms with E-state index in [-0.39, 0.29) is 12.5 Å². The third-order valence-electron chi connectivity index (χ3n) is 3.64. The predicted molar refractivity (Wildman–Crippen MR) is 93.4 cm³/mol. The summed E-state index contributed by atoms with van der Waals surface area (Å²) in [5, 5.41) is 5.95. The van der Waals surface area contributed by atoms with Gasteiger partial charge in [0.05, 0.1) is 16.2 Å². The zero-order valence-electron chi connectivity index (χ0n) is 13.6. The maximum Gasteiger partial charge on any atom is 0.420 e. The Kier molecular flexibility index (Phi) is 4.80. The molecular formula is C17H19N3O3S. The van der Waals surface area contributed by atoms with E-state index in [2.05, 4.69) is 24.1 Å². The average Bonchev–Trinajstić information content (AvgIpc) is 3.13. The minimum atomic E-state index is -0.521. The van der Waals surface area contributed by atoms with E-state index in [1.54, 1.807) is 35.6 Å². The number of aromatic nitrogens is 2. The minimum absolute atomic E-state index is 0.0514. The minimum Gasteiger partial charge on any atom is -0.408 e. The van der Waals surface area contributed by atoms with Gasteiger partial charge < -0.3 is 9.73 Å². The summed E-state index contributed by atoms with van der Waals surface area (Å²) in [5.74, 6) is -0.324. The lowest BCUT2D eigenvalue weighted by atomic mass is 10.2. The maximum absolute atomic E-state index is 12.1. The summed E-state index contributed by atoms with van der Waals surface area (Å²) in [6, 6.07) is 7.06. The molecule has 126 valence electrons. The van der Waals surface area contributed by atoms with Crippen LogP contribution in [0.15, 0.2) is 38.9 Å². The zero-order chi connectivity index (χ0) is 17.1. The highest BCUT2D eigenvalue weighted by molar-refractivity contribution is 7.09. The summed E-state index contributed by atoms with van der Waals surface area (Å²) in [6.45, 7) is 4.66. The molecule has 7 heteroatoms. The van der Waals surface area contributed by atoms with Crippen LogP contribution >= 0.6 is 11.3 Å². The highest BCUT2D eigenvalue weighted by Gasteiger charge is 2.12. The number of nitrogens with zero attached hydrogens (tertiary/aromatic N) is 2. The van der Waals surface area contributed by atoms with Crippen LogP contribution in [0.3, 0.4) is 0 Å². The molecule has 0 saturated carbocycles. The topological polar surface area (TPSA) is 77.1 Å². The van der Waals surface area contributed by atoms with Gasteiger partial charge in [-0.1, -0.05) is 26.0 Å². The summed E-state index contributed by atoms with van der Waals surface area (Å²) >= 11 is 1.64. The van der Waals surface area contributed by atoms with Gasteiger partial charge in [0.15, 0.2) is 5.58 Å². The number of para-hydroxylation sites is 2. The number of thiazole rings is 1. The van der Waals surface area contributed by atoms with Crippen molar-refractivity contribution in [3.8, 4) is 0 Å². The van der Waals surface area contributed by atoms with E-state index < -0.39 is 5.76 Å². The second-order valence-corrected chi connectivity index (χ2v) is 6.74. The van der Waals surface area contributed by atoms with Crippen molar-refractivity contribution < 1.29 is 9.21 Å². The van der Waals surface area contributed by atoms with Gasteiger partial charge in [-0.25, -0.2) is 9.78 Å². The van der Waals surface area contributed by atoms with Gasteiger partial charge in [-0.05, 0) is 12.1 Å². The number of fused-ring (bicyclic) bond motifs is 1. The first-order valence-corrected chi connectivity index (χ1v) is 8.72. The van der Waals surface area contributed by atoms with Crippen LogP contribution in [0, 0.1) is 0 Å². The lowest BCUT2D eigenvalue weighted by Crippen LogP contribution is -2.32. The molecule has 3 rings (SSSR count). The third kappa shape index (κ3) is 3.56. The summed E-state index contributed by atoms with van der Waals surface area (Å²) in [7, 11) is 0. The fourth-order valence-corrected chi connectivity index (χ4v) is 3.27.